The second-order valence-corrected chi connectivity index (χ2v) is 5.70. The Hall–Kier alpha value is -1.67. The van der Waals surface area contributed by atoms with Crippen molar-refractivity contribution in [2.75, 3.05) is 0 Å². The maximum atomic E-state index is 6.35. The molecule has 0 spiro atoms. The maximum Gasteiger partial charge on any atom is 0.0422 e. The first kappa shape index (κ1) is 13.3. The molecule has 2 N–H and O–H groups in total. The van der Waals surface area contributed by atoms with Crippen LogP contribution < -0.4 is 5.73 Å². The average molecular weight is 266 g/mol. The van der Waals surface area contributed by atoms with Gasteiger partial charge in [0.1, 0.15) is 0 Å². The molecule has 1 aliphatic rings. The van der Waals surface area contributed by atoms with Gasteiger partial charge in [-0.25, -0.2) is 0 Å². The van der Waals surface area contributed by atoms with Gasteiger partial charge in [-0.2, -0.15) is 0 Å². The smallest absolute Gasteiger partial charge is 0.0422 e. The predicted octanol–water partition coefficient (Wildman–Crippen LogP) is 3.38. The number of nitrogens with zero attached hydrogens (tertiary/aromatic N) is 1. The van der Waals surface area contributed by atoms with E-state index in [1.54, 1.807) is 0 Å². The lowest BCUT2D eigenvalue weighted by molar-refractivity contribution is 0.704. The largest absolute Gasteiger partial charge is 0.324 e. The van der Waals surface area contributed by atoms with Crippen molar-refractivity contribution in [1.82, 2.24) is 4.98 Å². The van der Waals surface area contributed by atoms with Crippen molar-refractivity contribution in [3.63, 3.8) is 0 Å². The molecule has 0 saturated heterocycles. The number of benzene rings is 1. The molecule has 0 saturated carbocycles. The fraction of sp³-hybridized carbons (Fsp3) is 0.389. The summed E-state index contributed by atoms with van der Waals surface area (Å²) in [4.78, 5) is 4.51. The third-order valence-electron chi connectivity index (χ3n) is 4.27. The zero-order valence-corrected chi connectivity index (χ0v) is 12.1. The SMILES string of the molecule is CCc1ccc(CC(N)c2ccc3c(c2)CCC3)nc1. The van der Waals surface area contributed by atoms with Gasteiger partial charge in [-0.15, -0.1) is 0 Å². The fourth-order valence-electron chi connectivity index (χ4n) is 2.95. The van der Waals surface area contributed by atoms with Crippen LogP contribution >= 0.6 is 0 Å². The van der Waals surface area contributed by atoms with Crippen molar-refractivity contribution in [2.24, 2.45) is 5.73 Å². The zero-order valence-electron chi connectivity index (χ0n) is 12.1. The number of rotatable bonds is 4. The highest BCUT2D eigenvalue weighted by atomic mass is 14.7. The van der Waals surface area contributed by atoms with Crippen LogP contribution in [0.2, 0.25) is 0 Å². The molecule has 0 amide bonds. The Kier molecular flexibility index (Phi) is 3.83. The number of aromatic nitrogens is 1. The monoisotopic (exact) mass is 266 g/mol. The van der Waals surface area contributed by atoms with Crippen LogP contribution in [0, 0.1) is 0 Å². The molecule has 2 nitrogen and oxygen atoms in total. The molecule has 1 heterocycles. The maximum absolute atomic E-state index is 6.35. The first-order valence-corrected chi connectivity index (χ1v) is 7.57. The number of pyridine rings is 1. The molecular formula is C18H22N2. The summed E-state index contributed by atoms with van der Waals surface area (Å²) >= 11 is 0. The van der Waals surface area contributed by atoms with E-state index in [2.05, 4.69) is 42.2 Å². The van der Waals surface area contributed by atoms with E-state index in [9.17, 15) is 0 Å². The van der Waals surface area contributed by atoms with Gasteiger partial charge in [0, 0.05) is 24.4 Å². The Bertz CT molecular complexity index is 587. The van der Waals surface area contributed by atoms with Gasteiger partial charge in [0.15, 0.2) is 0 Å². The second kappa shape index (κ2) is 5.76. The normalized spacial score (nSPS) is 15.1. The van der Waals surface area contributed by atoms with Gasteiger partial charge in [-0.05, 0) is 54.0 Å². The van der Waals surface area contributed by atoms with Crippen LogP contribution in [-0.2, 0) is 25.7 Å². The number of hydrogen-bond acceptors (Lipinski definition) is 2. The van der Waals surface area contributed by atoms with Gasteiger partial charge in [0.25, 0.3) is 0 Å². The van der Waals surface area contributed by atoms with Gasteiger partial charge in [0.05, 0.1) is 0 Å². The lowest BCUT2D eigenvalue weighted by Crippen LogP contribution is -2.14. The van der Waals surface area contributed by atoms with Crippen LogP contribution in [0.25, 0.3) is 0 Å². The summed E-state index contributed by atoms with van der Waals surface area (Å²) in [5, 5.41) is 0. The van der Waals surface area contributed by atoms with Crippen molar-refractivity contribution >= 4 is 0 Å². The van der Waals surface area contributed by atoms with Crippen LogP contribution in [0.4, 0.5) is 0 Å². The van der Waals surface area contributed by atoms with Crippen molar-refractivity contribution < 1.29 is 0 Å². The molecule has 0 fully saturated rings. The van der Waals surface area contributed by atoms with Gasteiger partial charge in [-0.3, -0.25) is 4.98 Å². The Labute approximate surface area is 121 Å². The van der Waals surface area contributed by atoms with E-state index in [0.717, 1.165) is 18.5 Å². The second-order valence-electron chi connectivity index (χ2n) is 5.70. The van der Waals surface area contributed by atoms with Crippen LogP contribution in [0.15, 0.2) is 36.5 Å². The number of hydrogen-bond donors (Lipinski definition) is 1. The Morgan fingerprint density at radius 3 is 2.75 bits per heavy atom. The Morgan fingerprint density at radius 1 is 1.15 bits per heavy atom. The number of fused-ring (bicyclic) bond motifs is 1. The van der Waals surface area contributed by atoms with E-state index < -0.39 is 0 Å². The first-order chi connectivity index (χ1) is 9.76. The molecule has 1 atom stereocenters. The summed E-state index contributed by atoms with van der Waals surface area (Å²) in [7, 11) is 0. The lowest BCUT2D eigenvalue weighted by Gasteiger charge is -2.13. The zero-order chi connectivity index (χ0) is 13.9. The van der Waals surface area contributed by atoms with Crippen LogP contribution in [0.3, 0.4) is 0 Å². The molecule has 1 unspecified atom stereocenters. The third-order valence-corrected chi connectivity index (χ3v) is 4.27. The van der Waals surface area contributed by atoms with Gasteiger partial charge in [0.2, 0.25) is 0 Å². The summed E-state index contributed by atoms with van der Waals surface area (Å²) in [6, 6.07) is 11.0. The molecule has 3 rings (SSSR count). The minimum atomic E-state index is 0.0425. The minimum absolute atomic E-state index is 0.0425. The van der Waals surface area contributed by atoms with Gasteiger partial charge >= 0.3 is 0 Å². The third kappa shape index (κ3) is 2.75. The lowest BCUT2D eigenvalue weighted by atomic mass is 9.98. The van der Waals surface area contributed by atoms with E-state index in [1.165, 1.54) is 41.5 Å². The van der Waals surface area contributed by atoms with E-state index in [0.29, 0.717) is 0 Å². The molecule has 20 heavy (non-hydrogen) atoms. The molecule has 104 valence electrons. The first-order valence-electron chi connectivity index (χ1n) is 7.57. The molecule has 0 bridgehead atoms. The topological polar surface area (TPSA) is 38.9 Å². The molecule has 1 aliphatic carbocycles. The fourth-order valence-corrected chi connectivity index (χ4v) is 2.95. The summed E-state index contributed by atoms with van der Waals surface area (Å²) in [5.74, 6) is 0. The van der Waals surface area contributed by atoms with Crippen molar-refractivity contribution in [3.8, 4) is 0 Å². The molecule has 2 heteroatoms. The summed E-state index contributed by atoms with van der Waals surface area (Å²) in [5.41, 5.74) is 12.9. The van der Waals surface area contributed by atoms with Crippen LogP contribution in [0.5, 0.6) is 0 Å². The molecule has 2 aromatic rings. The van der Waals surface area contributed by atoms with E-state index >= 15 is 0 Å². The van der Waals surface area contributed by atoms with E-state index in [4.69, 9.17) is 5.73 Å². The van der Waals surface area contributed by atoms with Crippen LogP contribution in [-0.4, -0.2) is 4.98 Å². The minimum Gasteiger partial charge on any atom is -0.324 e. The highest BCUT2D eigenvalue weighted by Crippen LogP contribution is 2.25. The summed E-state index contributed by atoms with van der Waals surface area (Å²) in [6.45, 7) is 2.15. The van der Waals surface area contributed by atoms with Crippen molar-refractivity contribution in [3.05, 3.63) is 64.5 Å². The predicted molar refractivity (Wildman–Crippen MR) is 82.7 cm³/mol. The molecule has 0 radical (unpaired) electrons. The number of aryl methyl sites for hydroxylation is 3. The van der Waals surface area contributed by atoms with E-state index in [-0.39, 0.29) is 6.04 Å². The molecule has 0 aliphatic heterocycles. The van der Waals surface area contributed by atoms with Crippen molar-refractivity contribution in [2.45, 2.75) is 45.1 Å². The molecule has 1 aromatic carbocycles. The van der Waals surface area contributed by atoms with Crippen molar-refractivity contribution in [1.29, 1.82) is 0 Å². The van der Waals surface area contributed by atoms with Crippen LogP contribution in [0.1, 0.15) is 47.3 Å². The Balaban J connectivity index is 1.73. The quantitative estimate of drug-likeness (QED) is 0.921. The highest BCUT2D eigenvalue weighted by Gasteiger charge is 2.14. The molecule has 1 aromatic heterocycles. The average Bonchev–Trinajstić information content (AvgIpc) is 2.95. The summed E-state index contributed by atoms with van der Waals surface area (Å²) < 4.78 is 0. The standard InChI is InChI=1S/C18H22N2/c1-2-13-6-9-17(20-12-13)11-18(19)16-8-7-14-4-3-5-15(14)10-16/h6-10,12,18H,2-5,11,19H2,1H3. The highest BCUT2D eigenvalue weighted by molar-refractivity contribution is 5.36. The summed E-state index contributed by atoms with van der Waals surface area (Å²) in [6.07, 6.45) is 7.52. The molecular weight excluding hydrogens is 244 g/mol. The van der Waals surface area contributed by atoms with Gasteiger partial charge in [-0.1, -0.05) is 31.2 Å². The van der Waals surface area contributed by atoms with E-state index in [1.807, 2.05) is 6.20 Å². The van der Waals surface area contributed by atoms with Gasteiger partial charge < -0.3 is 5.73 Å². The Morgan fingerprint density at radius 2 is 2.00 bits per heavy atom. The number of nitrogens with two attached hydrogens (primary N) is 1.